The maximum absolute atomic E-state index is 10.2. The van der Waals surface area contributed by atoms with Crippen molar-refractivity contribution >= 4 is 28.6 Å². The number of aliphatic hydroxyl groups is 1. The topological polar surface area (TPSA) is 93.3 Å². The number of rotatable bonds is 3. The molecule has 0 fully saturated rings. The molecule has 1 aliphatic heterocycles. The molecular formula is C19H21ClN4O3. The molecule has 2 aromatic rings. The number of aromatic nitrogens is 3. The average Bonchev–Trinajstić information content (AvgIpc) is 3.12. The average molecular weight is 389 g/mol. The highest BCUT2D eigenvalue weighted by atomic mass is 35.5. The van der Waals surface area contributed by atoms with Crippen LogP contribution in [0.2, 0.25) is 5.15 Å². The van der Waals surface area contributed by atoms with Gasteiger partial charge in [-0.2, -0.15) is 0 Å². The molecule has 0 spiro atoms. The third kappa shape index (κ3) is 2.82. The summed E-state index contributed by atoms with van der Waals surface area (Å²) < 4.78 is 11.0. The van der Waals surface area contributed by atoms with Gasteiger partial charge in [-0.3, -0.25) is 0 Å². The van der Waals surface area contributed by atoms with Gasteiger partial charge >= 0.3 is 0 Å². The second-order valence-corrected chi connectivity index (χ2v) is 7.73. The molecule has 8 heteroatoms. The molecule has 2 aromatic heterocycles. The van der Waals surface area contributed by atoms with Gasteiger partial charge < -0.3 is 19.7 Å². The highest BCUT2D eigenvalue weighted by Gasteiger charge is 2.37. The molecular weight excluding hydrogens is 368 g/mol. The van der Waals surface area contributed by atoms with Crippen LogP contribution in [0.5, 0.6) is 0 Å². The van der Waals surface area contributed by atoms with E-state index in [1.165, 1.54) is 0 Å². The SMILES string of the molecule is COC1=C(c2c(C)noc2C)CC2Nc3nc(C(C)(C)O)nc(Cl)c3C2=C1. The van der Waals surface area contributed by atoms with Crippen LogP contribution in [-0.2, 0) is 10.3 Å². The Morgan fingerprint density at radius 3 is 2.63 bits per heavy atom. The Morgan fingerprint density at radius 1 is 1.30 bits per heavy atom. The van der Waals surface area contributed by atoms with E-state index in [0.29, 0.717) is 17.4 Å². The molecule has 142 valence electrons. The highest BCUT2D eigenvalue weighted by Crippen LogP contribution is 2.46. The van der Waals surface area contributed by atoms with Crippen molar-refractivity contribution in [3.63, 3.8) is 0 Å². The Labute approximate surface area is 162 Å². The minimum atomic E-state index is -1.18. The third-order valence-electron chi connectivity index (χ3n) is 4.93. The molecule has 0 bridgehead atoms. The minimum absolute atomic E-state index is 0.0218. The van der Waals surface area contributed by atoms with Gasteiger partial charge in [-0.1, -0.05) is 16.8 Å². The van der Waals surface area contributed by atoms with Crippen molar-refractivity contribution in [1.82, 2.24) is 15.1 Å². The number of aryl methyl sites for hydroxylation is 2. The fraction of sp³-hybridized carbons (Fsp3) is 0.421. The standard InChI is InChI=1S/C19H21ClN4O3/c1-8-14(9(2)27-24-8)11-6-12-10(7-13(11)26-5)15-16(20)22-18(19(3,4)25)23-17(15)21-12/h7,12,25H,6H2,1-5H3,(H,21,22,23). The third-order valence-corrected chi connectivity index (χ3v) is 5.21. The van der Waals surface area contributed by atoms with Crippen LogP contribution in [-0.4, -0.2) is 33.4 Å². The Bertz CT molecular complexity index is 982. The summed E-state index contributed by atoms with van der Waals surface area (Å²) in [6, 6.07) is -0.0218. The number of nitrogens with zero attached hydrogens (tertiary/aromatic N) is 3. The van der Waals surface area contributed by atoms with Gasteiger partial charge in [0.2, 0.25) is 0 Å². The fourth-order valence-electron chi connectivity index (χ4n) is 3.67. The van der Waals surface area contributed by atoms with Crippen molar-refractivity contribution in [1.29, 1.82) is 0 Å². The number of methoxy groups -OCH3 is 1. The van der Waals surface area contributed by atoms with Gasteiger partial charge in [0.1, 0.15) is 28.1 Å². The minimum Gasteiger partial charge on any atom is -0.496 e. The van der Waals surface area contributed by atoms with Crippen molar-refractivity contribution in [2.45, 2.75) is 45.8 Å². The second-order valence-electron chi connectivity index (χ2n) is 7.37. The normalized spacial score (nSPS) is 18.8. The quantitative estimate of drug-likeness (QED) is 0.776. The molecule has 0 amide bonds. The van der Waals surface area contributed by atoms with E-state index in [1.807, 2.05) is 19.9 Å². The van der Waals surface area contributed by atoms with Gasteiger partial charge in [-0.05, 0) is 39.3 Å². The summed E-state index contributed by atoms with van der Waals surface area (Å²) in [7, 11) is 1.64. The first-order valence-electron chi connectivity index (χ1n) is 8.70. The van der Waals surface area contributed by atoms with E-state index >= 15 is 0 Å². The maximum Gasteiger partial charge on any atom is 0.163 e. The lowest BCUT2D eigenvalue weighted by atomic mass is 9.87. The molecule has 0 saturated heterocycles. The van der Waals surface area contributed by atoms with Gasteiger partial charge in [0.25, 0.3) is 0 Å². The molecule has 1 unspecified atom stereocenters. The fourth-order valence-corrected chi connectivity index (χ4v) is 3.95. The first-order valence-corrected chi connectivity index (χ1v) is 9.07. The molecule has 1 aliphatic carbocycles. The van der Waals surface area contributed by atoms with Crippen molar-refractivity contribution in [3.05, 3.63) is 45.4 Å². The predicted molar refractivity (Wildman–Crippen MR) is 102 cm³/mol. The predicted octanol–water partition coefficient (Wildman–Crippen LogP) is 3.60. The number of nitrogens with one attached hydrogen (secondary N) is 1. The van der Waals surface area contributed by atoms with Crippen LogP contribution in [0.25, 0.3) is 11.1 Å². The van der Waals surface area contributed by atoms with Gasteiger partial charge in [0.15, 0.2) is 5.82 Å². The van der Waals surface area contributed by atoms with E-state index in [2.05, 4.69) is 20.4 Å². The molecule has 7 nitrogen and oxygen atoms in total. The van der Waals surface area contributed by atoms with Crippen LogP contribution < -0.4 is 5.32 Å². The Morgan fingerprint density at radius 2 is 2.04 bits per heavy atom. The molecule has 27 heavy (non-hydrogen) atoms. The highest BCUT2D eigenvalue weighted by molar-refractivity contribution is 6.32. The van der Waals surface area contributed by atoms with Crippen molar-refractivity contribution in [2.24, 2.45) is 0 Å². The van der Waals surface area contributed by atoms with E-state index in [0.717, 1.165) is 39.5 Å². The summed E-state index contributed by atoms with van der Waals surface area (Å²) in [4.78, 5) is 8.79. The largest absolute Gasteiger partial charge is 0.496 e. The van der Waals surface area contributed by atoms with E-state index in [-0.39, 0.29) is 11.9 Å². The number of fused-ring (bicyclic) bond motifs is 3. The van der Waals surface area contributed by atoms with Crippen LogP contribution in [0.1, 0.15) is 48.7 Å². The van der Waals surface area contributed by atoms with E-state index in [1.54, 1.807) is 21.0 Å². The zero-order chi connectivity index (χ0) is 19.5. The van der Waals surface area contributed by atoms with Crippen LogP contribution >= 0.6 is 11.6 Å². The van der Waals surface area contributed by atoms with Crippen LogP contribution in [0.15, 0.2) is 16.4 Å². The Kier molecular flexibility index (Phi) is 4.05. The Hall–Kier alpha value is -2.38. The molecule has 0 aromatic carbocycles. The van der Waals surface area contributed by atoms with Crippen LogP contribution in [0, 0.1) is 13.8 Å². The first-order chi connectivity index (χ1) is 12.7. The molecule has 2 N–H and O–H groups in total. The lowest BCUT2D eigenvalue weighted by molar-refractivity contribution is 0.0688. The van der Waals surface area contributed by atoms with Gasteiger partial charge in [-0.25, -0.2) is 9.97 Å². The van der Waals surface area contributed by atoms with Crippen LogP contribution in [0.4, 0.5) is 5.82 Å². The summed E-state index contributed by atoms with van der Waals surface area (Å²) in [5, 5.41) is 18.0. The smallest absolute Gasteiger partial charge is 0.163 e. The molecule has 0 radical (unpaired) electrons. The van der Waals surface area contributed by atoms with Gasteiger partial charge in [0.05, 0.1) is 24.4 Å². The number of anilines is 1. The van der Waals surface area contributed by atoms with Crippen molar-refractivity contribution in [3.8, 4) is 0 Å². The first kappa shape index (κ1) is 18.0. The lowest BCUT2D eigenvalue weighted by Gasteiger charge is -2.23. The van der Waals surface area contributed by atoms with Gasteiger partial charge in [-0.15, -0.1) is 0 Å². The lowest BCUT2D eigenvalue weighted by Crippen LogP contribution is -2.21. The van der Waals surface area contributed by atoms with Crippen LogP contribution in [0.3, 0.4) is 0 Å². The number of ether oxygens (including phenoxy) is 1. The van der Waals surface area contributed by atoms with E-state index in [4.69, 9.17) is 20.9 Å². The molecule has 1 atom stereocenters. The molecule has 3 heterocycles. The summed E-state index contributed by atoms with van der Waals surface area (Å²) >= 11 is 6.45. The van der Waals surface area contributed by atoms with E-state index in [9.17, 15) is 5.11 Å². The summed E-state index contributed by atoms with van der Waals surface area (Å²) in [5.41, 5.74) is 3.36. The van der Waals surface area contributed by atoms with Gasteiger partial charge in [0, 0.05) is 17.6 Å². The zero-order valence-electron chi connectivity index (χ0n) is 15.8. The summed E-state index contributed by atoms with van der Waals surface area (Å²) in [6.07, 6.45) is 2.63. The maximum atomic E-state index is 10.2. The monoisotopic (exact) mass is 388 g/mol. The zero-order valence-corrected chi connectivity index (χ0v) is 16.6. The number of allylic oxidation sites excluding steroid dienone is 1. The summed E-state index contributed by atoms with van der Waals surface area (Å²) in [5.74, 6) is 2.40. The number of halogens is 1. The van der Waals surface area contributed by atoms with E-state index < -0.39 is 5.60 Å². The number of hydrogen-bond donors (Lipinski definition) is 2. The molecule has 4 rings (SSSR count). The Balaban J connectivity index is 1.84. The summed E-state index contributed by atoms with van der Waals surface area (Å²) in [6.45, 7) is 7.07. The van der Waals surface area contributed by atoms with Crippen molar-refractivity contribution in [2.75, 3.05) is 12.4 Å². The second kappa shape index (κ2) is 6.07. The molecule has 2 aliphatic rings. The van der Waals surface area contributed by atoms with Crippen molar-refractivity contribution < 1.29 is 14.4 Å². The number of hydrogen-bond acceptors (Lipinski definition) is 7. The molecule has 0 saturated carbocycles.